The minimum Gasteiger partial charge on any atom is -0.507 e. The van der Waals surface area contributed by atoms with E-state index in [2.05, 4.69) is 5.32 Å². The molecule has 3 aliphatic rings. The Labute approximate surface area is 224 Å². The third-order valence-electron chi connectivity index (χ3n) is 8.21. The smallest absolute Gasteiger partial charge is 0.235 e. The number of phenols is 1. The molecule has 39 heavy (non-hydrogen) atoms. The third-order valence-corrected chi connectivity index (χ3v) is 8.21. The molecule has 4 rings (SSSR count). The highest BCUT2D eigenvalue weighted by Gasteiger charge is 2.69. The maximum absolute atomic E-state index is 13.9. The molecule has 7 N–H and O–H groups in total. The summed E-state index contributed by atoms with van der Waals surface area (Å²) in [5, 5.41) is 25.6. The molecule has 0 aliphatic heterocycles. The van der Waals surface area contributed by atoms with Crippen LogP contribution in [0, 0.1) is 23.7 Å². The Balaban J connectivity index is 1.85. The number of fused-ring (bicyclic) bond motifs is 3. The molecule has 1 aromatic rings. The lowest BCUT2D eigenvalue weighted by Crippen LogP contribution is -2.74. The number of likely N-dealkylation sites (N-methyl/N-ethyl adjacent to an activating group) is 1. The summed E-state index contributed by atoms with van der Waals surface area (Å²) in [5.41, 5.74) is 9.00. The van der Waals surface area contributed by atoms with Crippen LogP contribution in [0.2, 0.25) is 0 Å². The second kappa shape index (κ2) is 9.81. The molecule has 0 radical (unpaired) electrons. The predicted octanol–water partition coefficient (Wildman–Crippen LogP) is -2.49. The van der Waals surface area contributed by atoms with Crippen LogP contribution in [0.1, 0.15) is 27.9 Å². The van der Waals surface area contributed by atoms with E-state index in [1.165, 1.54) is 19.0 Å². The van der Waals surface area contributed by atoms with E-state index in [0.29, 0.717) is 11.3 Å². The lowest BCUT2D eigenvalue weighted by Gasteiger charge is -2.52. The maximum Gasteiger partial charge on any atom is 0.235 e. The number of carbonyl (C=O) groups excluding carboxylic acids is 6. The summed E-state index contributed by atoms with van der Waals surface area (Å²) in [7, 11) is 6.56. The average molecular weight is 544 g/mol. The van der Waals surface area contributed by atoms with Gasteiger partial charge in [0.05, 0.1) is 24.1 Å². The van der Waals surface area contributed by atoms with Gasteiger partial charge in [-0.05, 0) is 44.5 Å². The lowest BCUT2D eigenvalue weighted by molar-refractivity contribution is -0.181. The van der Waals surface area contributed by atoms with Gasteiger partial charge in [0.15, 0.2) is 34.7 Å². The quantitative estimate of drug-likeness (QED) is 0.227. The Hall–Kier alpha value is -3.68. The number of aliphatic hydroxyl groups is 1. The Kier molecular flexibility index (Phi) is 7.13. The van der Waals surface area contributed by atoms with E-state index in [1.54, 1.807) is 25.1 Å². The fourth-order valence-electron chi connectivity index (χ4n) is 6.56. The molecule has 2 unspecified atom stereocenters. The molecule has 3 aliphatic carbocycles. The predicted molar refractivity (Wildman–Crippen MR) is 137 cm³/mol. The highest BCUT2D eigenvalue weighted by molar-refractivity contribution is 6.32. The van der Waals surface area contributed by atoms with E-state index in [1.807, 2.05) is 0 Å². The summed E-state index contributed by atoms with van der Waals surface area (Å²) < 4.78 is 0. The van der Waals surface area contributed by atoms with Crippen LogP contribution in [-0.2, 0) is 36.9 Å². The summed E-state index contributed by atoms with van der Waals surface area (Å²) in [4.78, 5) is 80.8. The van der Waals surface area contributed by atoms with Crippen LogP contribution in [0.3, 0.4) is 0 Å². The van der Waals surface area contributed by atoms with Gasteiger partial charge in [-0.1, -0.05) is 0 Å². The Bertz CT molecular complexity index is 1310. The number of aromatic hydroxyl groups is 1. The van der Waals surface area contributed by atoms with Crippen molar-refractivity contribution in [3.63, 3.8) is 0 Å². The number of ketones is 4. The van der Waals surface area contributed by atoms with Crippen molar-refractivity contribution in [1.29, 1.82) is 0 Å². The fourth-order valence-corrected chi connectivity index (χ4v) is 6.56. The van der Waals surface area contributed by atoms with Gasteiger partial charge in [0, 0.05) is 37.8 Å². The summed E-state index contributed by atoms with van der Waals surface area (Å²) in [5.74, 6) is -11.6. The monoisotopic (exact) mass is 543 g/mol. The summed E-state index contributed by atoms with van der Waals surface area (Å²) >= 11 is 0. The molecular formula is C26H33N5O8. The highest BCUT2D eigenvalue weighted by Crippen LogP contribution is 2.52. The number of primary amides is 2. The molecule has 2 amide bonds. The van der Waals surface area contributed by atoms with Gasteiger partial charge < -0.3 is 31.9 Å². The minimum atomic E-state index is -2.78. The molecule has 0 aromatic heterocycles. The summed E-state index contributed by atoms with van der Waals surface area (Å²) in [6.45, 7) is -0.177. The number of benzene rings is 1. The summed E-state index contributed by atoms with van der Waals surface area (Å²) in [6, 6.07) is 0.511. The molecule has 0 spiro atoms. The molecule has 0 bridgehead atoms. The maximum atomic E-state index is 13.9. The van der Waals surface area contributed by atoms with Crippen molar-refractivity contribution in [3.05, 3.63) is 22.8 Å². The van der Waals surface area contributed by atoms with Gasteiger partial charge in [-0.15, -0.1) is 0 Å². The Morgan fingerprint density at radius 3 is 2.28 bits per heavy atom. The van der Waals surface area contributed by atoms with Crippen molar-refractivity contribution in [3.8, 4) is 5.75 Å². The van der Waals surface area contributed by atoms with E-state index in [-0.39, 0.29) is 42.8 Å². The molecule has 0 saturated heterocycles. The van der Waals surface area contributed by atoms with Crippen LogP contribution < -0.4 is 21.7 Å². The van der Waals surface area contributed by atoms with E-state index in [9.17, 15) is 39.0 Å². The van der Waals surface area contributed by atoms with Crippen LogP contribution in [0.5, 0.6) is 5.75 Å². The van der Waals surface area contributed by atoms with Crippen molar-refractivity contribution in [2.45, 2.75) is 31.0 Å². The molecule has 6 atom stereocenters. The zero-order chi connectivity index (χ0) is 29.1. The number of phenolic OH excluding ortho intramolecular Hbond substituents is 1. The van der Waals surface area contributed by atoms with Crippen LogP contribution >= 0.6 is 0 Å². The molecule has 1 aromatic carbocycles. The van der Waals surface area contributed by atoms with Crippen LogP contribution in [0.15, 0.2) is 6.07 Å². The number of nitrogens with zero attached hydrogens (tertiary/aromatic N) is 2. The van der Waals surface area contributed by atoms with Gasteiger partial charge in [-0.25, -0.2) is 0 Å². The zero-order valence-corrected chi connectivity index (χ0v) is 22.2. The first-order chi connectivity index (χ1) is 18.1. The fraction of sp³-hybridized carbons (Fsp3) is 0.538. The Morgan fingerprint density at radius 2 is 1.74 bits per heavy atom. The van der Waals surface area contributed by atoms with Gasteiger partial charge in [-0.2, -0.15) is 0 Å². The van der Waals surface area contributed by atoms with Crippen molar-refractivity contribution in [2.24, 2.45) is 35.1 Å². The van der Waals surface area contributed by atoms with Gasteiger partial charge in [0.1, 0.15) is 5.75 Å². The molecule has 2 fully saturated rings. The molecular weight excluding hydrogens is 510 g/mol. The van der Waals surface area contributed by atoms with E-state index >= 15 is 0 Å². The van der Waals surface area contributed by atoms with Crippen LogP contribution in [0.4, 0.5) is 5.69 Å². The number of hydrogen-bond donors (Lipinski definition) is 5. The zero-order valence-electron chi connectivity index (χ0n) is 22.2. The molecule has 210 valence electrons. The molecule has 13 heteroatoms. The van der Waals surface area contributed by atoms with E-state index in [4.69, 9.17) is 11.5 Å². The number of amides is 2. The van der Waals surface area contributed by atoms with Crippen molar-refractivity contribution >= 4 is 40.6 Å². The largest absolute Gasteiger partial charge is 0.507 e. The number of hydrogen-bond acceptors (Lipinski definition) is 11. The number of anilines is 1. The van der Waals surface area contributed by atoms with Crippen LogP contribution in [0.25, 0.3) is 0 Å². The number of nitrogens with two attached hydrogens (primary N) is 2. The van der Waals surface area contributed by atoms with E-state index < -0.39 is 70.3 Å². The topological polar surface area (TPSA) is 213 Å². The number of rotatable bonds is 7. The van der Waals surface area contributed by atoms with Gasteiger partial charge in [0.2, 0.25) is 11.8 Å². The SMILES string of the molecule is CN(C)c1cc(CNCC(N)=O)c(O)c2c1C[C@H]1C[C@H]3[C@H](N(C)C)C(=O)C(C(N)=O)C(=O)[C@@]3(O)C(=O)C1C2=O. The molecule has 2 saturated carbocycles. The van der Waals surface area contributed by atoms with Gasteiger partial charge in [-0.3, -0.25) is 33.7 Å². The second-order valence-electron chi connectivity index (χ2n) is 11.0. The second-order valence-corrected chi connectivity index (χ2v) is 11.0. The first-order valence-corrected chi connectivity index (χ1v) is 12.5. The van der Waals surface area contributed by atoms with Gasteiger partial charge in [0.25, 0.3) is 0 Å². The Morgan fingerprint density at radius 1 is 1.10 bits per heavy atom. The molecule has 13 nitrogen and oxygen atoms in total. The number of carbonyl (C=O) groups is 6. The highest BCUT2D eigenvalue weighted by atomic mass is 16.3. The number of nitrogens with one attached hydrogen (secondary N) is 1. The van der Waals surface area contributed by atoms with Gasteiger partial charge >= 0.3 is 0 Å². The van der Waals surface area contributed by atoms with Crippen LogP contribution in [-0.4, -0.2) is 96.4 Å². The van der Waals surface area contributed by atoms with Crippen molar-refractivity contribution in [2.75, 3.05) is 39.6 Å². The molecule has 0 heterocycles. The van der Waals surface area contributed by atoms with E-state index in [0.717, 1.165) is 0 Å². The number of Topliss-reactive ketones (excluding diaryl/α,β-unsaturated/α-hetero) is 4. The lowest BCUT2D eigenvalue weighted by atomic mass is 9.52. The summed E-state index contributed by atoms with van der Waals surface area (Å²) in [6.07, 6.45) is 0.126. The average Bonchev–Trinajstić information content (AvgIpc) is 2.81. The minimum absolute atomic E-state index is 0.00433. The normalized spacial score (nSPS) is 30.1. The van der Waals surface area contributed by atoms with Crippen molar-refractivity contribution < 1.29 is 39.0 Å². The standard InChI is InChI=1S/C26H33N5O8/c1-30(2)14-7-11(8-29-9-15(27)32)20(33)17-12(14)5-10-6-13-19(31(3)4)22(35)18(25(28)38)24(37)26(13,39)23(36)16(10)21(17)34/h7,10,13,16,18-19,29,33,39H,5-6,8-9H2,1-4H3,(H2,27,32)(H2,28,38)/t10-,13-,16?,18?,19-,26-/m0/s1. The van der Waals surface area contributed by atoms with Crippen molar-refractivity contribution in [1.82, 2.24) is 10.2 Å². The first-order valence-electron chi connectivity index (χ1n) is 12.5. The first kappa shape index (κ1) is 28.3. The third kappa shape index (κ3) is 4.21.